The highest BCUT2D eigenvalue weighted by Crippen LogP contribution is 2.21. The third kappa shape index (κ3) is 3.71. The first kappa shape index (κ1) is 12.9. The summed E-state index contributed by atoms with van der Waals surface area (Å²) in [6.07, 6.45) is 0. The lowest BCUT2D eigenvalue weighted by molar-refractivity contribution is 0.884. The molecule has 0 amide bonds. The van der Waals surface area contributed by atoms with E-state index in [1.165, 1.54) is 9.13 Å². The van der Waals surface area contributed by atoms with E-state index in [-0.39, 0.29) is 0 Å². The van der Waals surface area contributed by atoms with Gasteiger partial charge < -0.3 is 5.32 Å². The van der Waals surface area contributed by atoms with Crippen molar-refractivity contribution in [3.63, 3.8) is 0 Å². The molecule has 0 aliphatic carbocycles. The average Bonchev–Trinajstić information content (AvgIpc) is 2.33. The minimum Gasteiger partial charge on any atom is -0.379 e. The molecule has 0 radical (unpaired) electrons. The molecule has 0 bridgehead atoms. The van der Waals surface area contributed by atoms with Crippen LogP contribution in [-0.4, -0.2) is 0 Å². The monoisotopic (exact) mass is 401 g/mol. The fraction of sp³-hybridized carbons (Fsp3) is 0.143. The topological polar surface area (TPSA) is 12.0 Å². The van der Waals surface area contributed by atoms with Crippen molar-refractivity contribution < 1.29 is 0 Å². The van der Waals surface area contributed by atoms with E-state index in [2.05, 4.69) is 87.2 Å². The summed E-state index contributed by atoms with van der Waals surface area (Å²) in [7, 11) is 0. The molecule has 0 saturated carbocycles. The molecule has 0 fully saturated rings. The summed E-state index contributed by atoms with van der Waals surface area (Å²) in [5.74, 6) is 0. The van der Waals surface area contributed by atoms with Crippen LogP contribution < -0.4 is 5.32 Å². The number of hydrogen-bond donors (Lipinski definition) is 1. The smallest absolute Gasteiger partial charge is 0.0485 e. The van der Waals surface area contributed by atoms with E-state index in [0.29, 0.717) is 6.04 Å². The minimum atomic E-state index is 0.313. The van der Waals surface area contributed by atoms with Crippen LogP contribution in [0.15, 0.2) is 53.0 Å². The van der Waals surface area contributed by atoms with Crippen LogP contribution in [0.25, 0.3) is 0 Å². The van der Waals surface area contributed by atoms with Crippen LogP contribution in [0, 0.1) is 3.57 Å². The number of hydrogen-bond acceptors (Lipinski definition) is 1. The van der Waals surface area contributed by atoms with Crippen LogP contribution in [0.2, 0.25) is 0 Å². The maximum Gasteiger partial charge on any atom is 0.0485 e. The summed E-state index contributed by atoms with van der Waals surface area (Å²) in [5.41, 5.74) is 2.44. The first-order valence-electron chi connectivity index (χ1n) is 5.43. The molecular weight excluding hydrogens is 389 g/mol. The van der Waals surface area contributed by atoms with E-state index in [4.69, 9.17) is 0 Å². The van der Waals surface area contributed by atoms with Crippen molar-refractivity contribution in [1.29, 1.82) is 0 Å². The third-order valence-corrected chi connectivity index (χ3v) is 3.85. The van der Waals surface area contributed by atoms with Gasteiger partial charge in [0, 0.05) is 19.8 Å². The number of rotatable bonds is 3. The maximum atomic E-state index is 3.48. The summed E-state index contributed by atoms with van der Waals surface area (Å²) in [5, 5.41) is 3.48. The quantitative estimate of drug-likeness (QED) is 0.694. The molecule has 3 heteroatoms. The number of benzene rings is 2. The fourth-order valence-corrected chi connectivity index (χ4v) is 2.25. The lowest BCUT2D eigenvalue weighted by atomic mass is 10.1. The zero-order valence-electron chi connectivity index (χ0n) is 9.45. The molecule has 0 saturated heterocycles. The second-order valence-corrected chi connectivity index (χ2v) is 6.09. The van der Waals surface area contributed by atoms with Gasteiger partial charge >= 0.3 is 0 Å². The molecule has 17 heavy (non-hydrogen) atoms. The second kappa shape index (κ2) is 5.87. The molecule has 0 aliphatic heterocycles. The van der Waals surface area contributed by atoms with Crippen molar-refractivity contribution in [1.82, 2.24) is 0 Å². The molecule has 2 aromatic rings. The van der Waals surface area contributed by atoms with Gasteiger partial charge in [0.1, 0.15) is 0 Å². The molecule has 88 valence electrons. The molecule has 2 rings (SSSR count). The summed E-state index contributed by atoms with van der Waals surface area (Å²) >= 11 is 5.76. The maximum absolute atomic E-state index is 3.48. The van der Waals surface area contributed by atoms with Crippen LogP contribution in [-0.2, 0) is 0 Å². The first-order chi connectivity index (χ1) is 8.15. The predicted octanol–water partition coefficient (Wildman–Crippen LogP) is 5.23. The van der Waals surface area contributed by atoms with Crippen molar-refractivity contribution in [3.8, 4) is 0 Å². The van der Waals surface area contributed by atoms with Gasteiger partial charge in [-0.15, -0.1) is 0 Å². The van der Waals surface area contributed by atoms with Gasteiger partial charge in [0.25, 0.3) is 0 Å². The van der Waals surface area contributed by atoms with Crippen molar-refractivity contribution in [3.05, 3.63) is 62.1 Å². The normalized spacial score (nSPS) is 12.2. The van der Waals surface area contributed by atoms with Crippen LogP contribution in [0.4, 0.5) is 5.69 Å². The van der Waals surface area contributed by atoms with E-state index in [9.17, 15) is 0 Å². The van der Waals surface area contributed by atoms with Gasteiger partial charge in [-0.1, -0.05) is 28.1 Å². The van der Waals surface area contributed by atoms with E-state index in [0.717, 1.165) is 10.2 Å². The highest BCUT2D eigenvalue weighted by atomic mass is 127. The Labute approximate surface area is 124 Å². The van der Waals surface area contributed by atoms with Gasteiger partial charge in [-0.3, -0.25) is 0 Å². The largest absolute Gasteiger partial charge is 0.379 e. The van der Waals surface area contributed by atoms with Gasteiger partial charge in [0.05, 0.1) is 0 Å². The minimum absolute atomic E-state index is 0.313. The van der Waals surface area contributed by atoms with Crippen LogP contribution >= 0.6 is 38.5 Å². The first-order valence-corrected chi connectivity index (χ1v) is 7.30. The molecular formula is C14H13BrIN. The van der Waals surface area contributed by atoms with Crippen LogP contribution in [0.1, 0.15) is 18.5 Å². The van der Waals surface area contributed by atoms with Crippen molar-refractivity contribution >= 4 is 44.2 Å². The van der Waals surface area contributed by atoms with Crippen LogP contribution in [0.3, 0.4) is 0 Å². The van der Waals surface area contributed by atoms with E-state index >= 15 is 0 Å². The van der Waals surface area contributed by atoms with Gasteiger partial charge in [0.2, 0.25) is 0 Å². The molecule has 1 N–H and O–H groups in total. The van der Waals surface area contributed by atoms with E-state index < -0.39 is 0 Å². The number of anilines is 1. The fourth-order valence-electron chi connectivity index (χ4n) is 1.63. The lowest BCUT2D eigenvalue weighted by Crippen LogP contribution is -2.06. The van der Waals surface area contributed by atoms with Crippen molar-refractivity contribution in [2.45, 2.75) is 13.0 Å². The third-order valence-electron chi connectivity index (χ3n) is 2.60. The van der Waals surface area contributed by atoms with Crippen molar-refractivity contribution in [2.24, 2.45) is 0 Å². The Morgan fingerprint density at radius 3 is 2.18 bits per heavy atom. The van der Waals surface area contributed by atoms with Gasteiger partial charge in [-0.2, -0.15) is 0 Å². The SMILES string of the molecule is CC(Nc1ccc(Br)cc1)c1ccc(I)cc1. The Balaban J connectivity index is 2.08. The average molecular weight is 402 g/mol. The zero-order chi connectivity index (χ0) is 12.3. The molecule has 2 aromatic carbocycles. The molecule has 0 aliphatic rings. The van der Waals surface area contributed by atoms with Crippen LogP contribution in [0.5, 0.6) is 0 Å². The Morgan fingerprint density at radius 2 is 1.59 bits per heavy atom. The molecule has 1 unspecified atom stereocenters. The summed E-state index contributed by atoms with van der Waals surface area (Å²) < 4.78 is 2.37. The van der Waals surface area contributed by atoms with E-state index in [1.54, 1.807) is 0 Å². The standard InChI is InChI=1S/C14H13BrIN/c1-10(11-2-6-13(16)7-3-11)17-14-8-4-12(15)5-9-14/h2-10,17H,1H3. The molecule has 1 nitrogen and oxygen atoms in total. The summed E-state index contributed by atoms with van der Waals surface area (Å²) in [4.78, 5) is 0. The Kier molecular flexibility index (Phi) is 4.45. The highest BCUT2D eigenvalue weighted by molar-refractivity contribution is 14.1. The highest BCUT2D eigenvalue weighted by Gasteiger charge is 2.04. The summed E-state index contributed by atoms with van der Waals surface area (Å²) in [6.45, 7) is 2.17. The molecule has 0 aromatic heterocycles. The Hall–Kier alpha value is -0.550. The van der Waals surface area contributed by atoms with Gasteiger partial charge in [-0.25, -0.2) is 0 Å². The predicted molar refractivity (Wildman–Crippen MR) is 85.3 cm³/mol. The summed E-state index contributed by atoms with van der Waals surface area (Å²) in [6, 6.07) is 17.2. The molecule has 1 atom stereocenters. The van der Waals surface area contributed by atoms with Gasteiger partial charge in [0.15, 0.2) is 0 Å². The zero-order valence-corrected chi connectivity index (χ0v) is 13.2. The molecule has 0 heterocycles. The van der Waals surface area contributed by atoms with E-state index in [1.807, 2.05) is 12.1 Å². The van der Waals surface area contributed by atoms with Gasteiger partial charge in [-0.05, 0) is 71.5 Å². The lowest BCUT2D eigenvalue weighted by Gasteiger charge is -2.15. The van der Waals surface area contributed by atoms with Crippen molar-refractivity contribution in [2.75, 3.05) is 5.32 Å². The number of halogens is 2. The molecule has 0 spiro atoms. The Bertz CT molecular complexity index is 479. The Morgan fingerprint density at radius 1 is 1.00 bits per heavy atom. The second-order valence-electron chi connectivity index (χ2n) is 3.92. The number of nitrogens with one attached hydrogen (secondary N) is 1.